The molecule has 1 fully saturated rings. The average Bonchev–Trinajstić information content (AvgIpc) is 2.80. The number of hydrogen-bond donors (Lipinski definition) is 1. The van der Waals surface area contributed by atoms with Gasteiger partial charge < -0.3 is 15.0 Å². The van der Waals surface area contributed by atoms with Crippen LogP contribution in [-0.2, 0) is 16.6 Å². The Morgan fingerprint density at radius 2 is 2.24 bits per heavy atom. The van der Waals surface area contributed by atoms with Crippen molar-refractivity contribution >= 4 is 0 Å². The van der Waals surface area contributed by atoms with E-state index >= 15 is 0 Å². The topological polar surface area (TPSA) is 74.2 Å². The molecule has 1 aliphatic heterocycles. The molecule has 0 aromatic carbocycles. The van der Waals surface area contributed by atoms with Crippen LogP contribution in [0.3, 0.4) is 0 Å². The molecule has 2 rings (SSSR count). The molecule has 0 aliphatic carbocycles. The third-order valence-electron chi connectivity index (χ3n) is 3.24. The molecule has 5 heteroatoms. The summed E-state index contributed by atoms with van der Waals surface area (Å²) in [7, 11) is 0. The molecule has 1 atom stereocenters. The van der Waals surface area contributed by atoms with E-state index in [1.807, 2.05) is 13.8 Å². The van der Waals surface area contributed by atoms with Crippen LogP contribution in [0, 0.1) is 0 Å². The molecule has 17 heavy (non-hydrogen) atoms. The molecular formula is C12H21N3O2. The van der Waals surface area contributed by atoms with Gasteiger partial charge in [0.1, 0.15) is 0 Å². The Morgan fingerprint density at radius 1 is 1.41 bits per heavy atom. The van der Waals surface area contributed by atoms with Crippen LogP contribution in [0.15, 0.2) is 4.52 Å². The fourth-order valence-corrected chi connectivity index (χ4v) is 1.87. The van der Waals surface area contributed by atoms with Gasteiger partial charge in [0.15, 0.2) is 5.82 Å². The van der Waals surface area contributed by atoms with Crippen molar-refractivity contribution in [1.82, 2.24) is 10.1 Å². The number of nitrogens with zero attached hydrogens (tertiary/aromatic N) is 2. The second-order valence-electron chi connectivity index (χ2n) is 5.30. The molecule has 0 amide bonds. The Balaban J connectivity index is 1.98. The lowest BCUT2D eigenvalue weighted by Crippen LogP contribution is -2.28. The van der Waals surface area contributed by atoms with Crippen LogP contribution < -0.4 is 5.73 Å². The number of nitrogens with two attached hydrogens (primary N) is 1. The molecule has 2 N–H and O–H groups in total. The third kappa shape index (κ3) is 3.04. The SMILES string of the molecule is CC(C)(CN)c1nc(CC2CCCCO2)no1. The minimum atomic E-state index is -0.251. The Labute approximate surface area is 102 Å². The van der Waals surface area contributed by atoms with Gasteiger partial charge in [0.2, 0.25) is 5.89 Å². The second-order valence-corrected chi connectivity index (χ2v) is 5.30. The average molecular weight is 239 g/mol. The summed E-state index contributed by atoms with van der Waals surface area (Å²) in [6.45, 7) is 5.35. The van der Waals surface area contributed by atoms with Crippen LogP contribution in [-0.4, -0.2) is 29.4 Å². The molecule has 1 aromatic rings. The van der Waals surface area contributed by atoms with E-state index in [-0.39, 0.29) is 11.5 Å². The smallest absolute Gasteiger partial charge is 0.233 e. The Hall–Kier alpha value is -0.940. The molecule has 1 aliphatic rings. The first-order valence-electron chi connectivity index (χ1n) is 6.26. The lowest BCUT2D eigenvalue weighted by molar-refractivity contribution is 0.0153. The summed E-state index contributed by atoms with van der Waals surface area (Å²) in [6, 6.07) is 0. The highest BCUT2D eigenvalue weighted by Crippen LogP contribution is 2.21. The third-order valence-corrected chi connectivity index (χ3v) is 3.24. The molecule has 0 bridgehead atoms. The molecule has 1 aromatic heterocycles. The van der Waals surface area contributed by atoms with Crippen LogP contribution in [0.2, 0.25) is 0 Å². The molecule has 1 saturated heterocycles. The summed E-state index contributed by atoms with van der Waals surface area (Å²) in [5.74, 6) is 1.35. The van der Waals surface area contributed by atoms with E-state index < -0.39 is 0 Å². The van der Waals surface area contributed by atoms with Crippen molar-refractivity contribution in [3.8, 4) is 0 Å². The van der Waals surface area contributed by atoms with E-state index in [1.54, 1.807) is 0 Å². The first-order valence-corrected chi connectivity index (χ1v) is 6.26. The maximum atomic E-state index is 5.68. The van der Waals surface area contributed by atoms with E-state index in [9.17, 15) is 0 Å². The summed E-state index contributed by atoms with van der Waals surface area (Å²) in [5.41, 5.74) is 5.43. The maximum Gasteiger partial charge on any atom is 0.233 e. The molecule has 96 valence electrons. The van der Waals surface area contributed by atoms with Crippen LogP contribution in [0.1, 0.15) is 44.8 Å². The van der Waals surface area contributed by atoms with Gasteiger partial charge in [0, 0.05) is 19.6 Å². The van der Waals surface area contributed by atoms with E-state index in [0.717, 1.165) is 31.7 Å². The number of aromatic nitrogens is 2. The van der Waals surface area contributed by atoms with Crippen LogP contribution in [0.5, 0.6) is 0 Å². The number of rotatable bonds is 4. The summed E-state index contributed by atoms with van der Waals surface area (Å²) in [4.78, 5) is 4.41. The maximum absolute atomic E-state index is 5.68. The largest absolute Gasteiger partial charge is 0.378 e. The molecule has 1 unspecified atom stereocenters. The predicted molar refractivity (Wildman–Crippen MR) is 63.7 cm³/mol. The standard InChI is InChI=1S/C12H21N3O2/c1-12(2,8-13)11-14-10(15-17-11)7-9-5-3-4-6-16-9/h9H,3-8,13H2,1-2H3. The van der Waals surface area contributed by atoms with Gasteiger partial charge in [-0.1, -0.05) is 5.16 Å². The lowest BCUT2D eigenvalue weighted by Gasteiger charge is -2.21. The number of hydrogen-bond acceptors (Lipinski definition) is 5. The second kappa shape index (κ2) is 5.14. The Kier molecular flexibility index (Phi) is 3.79. The fraction of sp³-hybridized carbons (Fsp3) is 0.833. The molecule has 2 heterocycles. The zero-order chi connectivity index (χ0) is 12.3. The van der Waals surface area contributed by atoms with Gasteiger partial charge in [-0.3, -0.25) is 0 Å². The minimum absolute atomic E-state index is 0.246. The van der Waals surface area contributed by atoms with Gasteiger partial charge in [-0.15, -0.1) is 0 Å². The fourth-order valence-electron chi connectivity index (χ4n) is 1.87. The van der Waals surface area contributed by atoms with Gasteiger partial charge in [-0.2, -0.15) is 4.98 Å². The van der Waals surface area contributed by atoms with Gasteiger partial charge >= 0.3 is 0 Å². The summed E-state index contributed by atoms with van der Waals surface area (Å²) in [6.07, 6.45) is 4.46. The van der Waals surface area contributed by atoms with Gasteiger partial charge in [0.05, 0.1) is 11.5 Å². The quantitative estimate of drug-likeness (QED) is 0.860. The minimum Gasteiger partial charge on any atom is -0.378 e. The molecule has 5 nitrogen and oxygen atoms in total. The highest BCUT2D eigenvalue weighted by Gasteiger charge is 2.27. The summed E-state index contributed by atoms with van der Waals surface area (Å²) < 4.78 is 10.9. The zero-order valence-corrected chi connectivity index (χ0v) is 10.6. The van der Waals surface area contributed by atoms with Crippen LogP contribution >= 0.6 is 0 Å². The van der Waals surface area contributed by atoms with E-state index in [4.69, 9.17) is 15.0 Å². The Bertz CT molecular complexity index is 356. The predicted octanol–water partition coefficient (Wildman–Crippen LogP) is 1.42. The first-order chi connectivity index (χ1) is 8.12. The van der Waals surface area contributed by atoms with Crippen molar-refractivity contribution in [3.05, 3.63) is 11.7 Å². The van der Waals surface area contributed by atoms with Crippen molar-refractivity contribution in [1.29, 1.82) is 0 Å². The first kappa shape index (κ1) is 12.5. The normalized spacial score (nSPS) is 21.7. The van der Waals surface area contributed by atoms with Crippen LogP contribution in [0.4, 0.5) is 0 Å². The van der Waals surface area contributed by atoms with Crippen molar-refractivity contribution in [2.45, 2.75) is 51.0 Å². The van der Waals surface area contributed by atoms with Crippen molar-refractivity contribution in [2.75, 3.05) is 13.2 Å². The van der Waals surface area contributed by atoms with E-state index in [1.165, 1.54) is 6.42 Å². The highest BCUT2D eigenvalue weighted by molar-refractivity contribution is 5.02. The van der Waals surface area contributed by atoms with Crippen molar-refractivity contribution < 1.29 is 9.26 Å². The van der Waals surface area contributed by atoms with Gasteiger partial charge in [0.25, 0.3) is 0 Å². The number of ether oxygens (including phenoxy) is 1. The highest BCUT2D eigenvalue weighted by atomic mass is 16.5. The molecule has 0 saturated carbocycles. The van der Waals surface area contributed by atoms with E-state index in [0.29, 0.717) is 12.4 Å². The lowest BCUT2D eigenvalue weighted by atomic mass is 9.94. The zero-order valence-electron chi connectivity index (χ0n) is 10.6. The van der Waals surface area contributed by atoms with Crippen LogP contribution in [0.25, 0.3) is 0 Å². The summed E-state index contributed by atoms with van der Waals surface area (Å²) in [5, 5.41) is 4.00. The van der Waals surface area contributed by atoms with E-state index in [2.05, 4.69) is 10.1 Å². The van der Waals surface area contributed by atoms with Gasteiger partial charge in [-0.05, 0) is 33.1 Å². The monoisotopic (exact) mass is 239 g/mol. The summed E-state index contributed by atoms with van der Waals surface area (Å²) >= 11 is 0. The van der Waals surface area contributed by atoms with Crippen molar-refractivity contribution in [3.63, 3.8) is 0 Å². The molecule has 0 radical (unpaired) electrons. The van der Waals surface area contributed by atoms with Crippen molar-refractivity contribution in [2.24, 2.45) is 5.73 Å². The molecule has 0 spiro atoms. The Morgan fingerprint density at radius 3 is 2.88 bits per heavy atom. The molecular weight excluding hydrogens is 218 g/mol. The van der Waals surface area contributed by atoms with Gasteiger partial charge in [-0.25, -0.2) is 0 Å².